The van der Waals surface area contributed by atoms with E-state index in [-0.39, 0.29) is 42.5 Å². The SMILES string of the molecule is O=S(=O)(O)C(c1ccc(O)cc1)(c1ccc(Cl)c(Cl)c1)c1cc(Cl)c(O)c(Cl)c1. The third kappa shape index (κ3) is 3.77. The van der Waals surface area contributed by atoms with Crippen LogP contribution in [0.2, 0.25) is 20.1 Å². The number of aromatic hydroxyl groups is 2. The Morgan fingerprint density at radius 3 is 1.62 bits per heavy atom. The third-order valence-corrected chi connectivity index (χ3v) is 7.21. The Hall–Kier alpha value is -1.67. The van der Waals surface area contributed by atoms with Crippen LogP contribution in [-0.2, 0) is 14.9 Å². The highest BCUT2D eigenvalue weighted by atomic mass is 35.5. The molecular formula is C19H12Cl4O5S. The molecule has 29 heavy (non-hydrogen) atoms. The quantitative estimate of drug-likeness (QED) is 0.311. The molecule has 3 aromatic rings. The van der Waals surface area contributed by atoms with Crippen LogP contribution in [0.5, 0.6) is 11.5 Å². The van der Waals surface area contributed by atoms with Crippen molar-refractivity contribution >= 4 is 56.5 Å². The lowest BCUT2D eigenvalue weighted by atomic mass is 9.84. The molecule has 0 heterocycles. The van der Waals surface area contributed by atoms with Gasteiger partial charge in [0, 0.05) is 0 Å². The first-order chi connectivity index (χ1) is 13.5. The number of phenols is 2. The monoisotopic (exact) mass is 492 g/mol. The number of benzene rings is 3. The van der Waals surface area contributed by atoms with Crippen molar-refractivity contribution in [1.82, 2.24) is 0 Å². The first-order valence-electron chi connectivity index (χ1n) is 7.89. The van der Waals surface area contributed by atoms with E-state index in [4.69, 9.17) is 46.4 Å². The first-order valence-corrected chi connectivity index (χ1v) is 10.8. The summed E-state index contributed by atoms with van der Waals surface area (Å²) >= 11 is 24.2. The number of halogens is 4. The van der Waals surface area contributed by atoms with Gasteiger partial charge in [0.1, 0.15) is 5.75 Å². The topological polar surface area (TPSA) is 94.8 Å². The number of hydrogen-bond donors (Lipinski definition) is 3. The lowest BCUT2D eigenvalue weighted by Gasteiger charge is -2.33. The van der Waals surface area contributed by atoms with Crippen LogP contribution in [0.25, 0.3) is 0 Å². The van der Waals surface area contributed by atoms with Gasteiger partial charge in [-0.25, -0.2) is 0 Å². The molecular weight excluding hydrogens is 482 g/mol. The molecule has 5 nitrogen and oxygen atoms in total. The molecule has 152 valence electrons. The van der Waals surface area contributed by atoms with Gasteiger partial charge in [-0.3, -0.25) is 4.55 Å². The second-order valence-corrected chi connectivity index (χ2v) is 9.31. The fraction of sp³-hybridized carbons (Fsp3) is 0.0526. The Kier molecular flexibility index (Phi) is 5.98. The van der Waals surface area contributed by atoms with Crippen LogP contribution in [-0.4, -0.2) is 23.2 Å². The van der Waals surface area contributed by atoms with Crippen LogP contribution in [0, 0.1) is 0 Å². The summed E-state index contributed by atoms with van der Waals surface area (Å²) in [6, 6.07) is 11.6. The van der Waals surface area contributed by atoms with Gasteiger partial charge in [-0.05, 0) is 53.1 Å². The summed E-state index contributed by atoms with van der Waals surface area (Å²) in [4.78, 5) is 0. The lowest BCUT2D eigenvalue weighted by molar-refractivity contribution is 0.456. The molecule has 10 heteroatoms. The molecule has 0 spiro atoms. The number of rotatable bonds is 4. The Bertz CT molecular complexity index is 1170. The van der Waals surface area contributed by atoms with Gasteiger partial charge in [0.05, 0.1) is 20.1 Å². The van der Waals surface area contributed by atoms with E-state index in [1.807, 2.05) is 0 Å². The van der Waals surface area contributed by atoms with Crippen molar-refractivity contribution < 1.29 is 23.2 Å². The number of phenolic OH excluding ortho intramolecular Hbond substituents is 2. The van der Waals surface area contributed by atoms with Gasteiger partial charge < -0.3 is 10.2 Å². The minimum Gasteiger partial charge on any atom is -0.508 e. The zero-order valence-electron chi connectivity index (χ0n) is 14.3. The normalized spacial score (nSPS) is 13.8. The molecule has 0 amide bonds. The van der Waals surface area contributed by atoms with Gasteiger partial charge in [-0.1, -0.05) is 64.6 Å². The van der Waals surface area contributed by atoms with Gasteiger partial charge in [-0.2, -0.15) is 8.42 Å². The molecule has 0 radical (unpaired) electrons. The minimum absolute atomic E-state index is 0.0397. The molecule has 0 saturated heterocycles. The fourth-order valence-corrected chi connectivity index (χ4v) is 5.19. The molecule has 0 bridgehead atoms. The van der Waals surface area contributed by atoms with Crippen molar-refractivity contribution in [2.45, 2.75) is 4.75 Å². The molecule has 3 rings (SSSR count). The van der Waals surface area contributed by atoms with Crippen molar-refractivity contribution in [3.63, 3.8) is 0 Å². The van der Waals surface area contributed by atoms with E-state index in [0.29, 0.717) is 0 Å². The second kappa shape index (κ2) is 7.87. The molecule has 0 aromatic heterocycles. The van der Waals surface area contributed by atoms with Crippen molar-refractivity contribution in [2.24, 2.45) is 0 Å². The van der Waals surface area contributed by atoms with Crippen LogP contribution < -0.4 is 0 Å². The van der Waals surface area contributed by atoms with Gasteiger partial charge in [0.15, 0.2) is 10.5 Å². The lowest BCUT2D eigenvalue weighted by Crippen LogP contribution is -2.38. The first kappa shape index (κ1) is 22.0. The Morgan fingerprint density at radius 1 is 0.655 bits per heavy atom. The molecule has 0 aliphatic rings. The largest absolute Gasteiger partial charge is 0.508 e. The van der Waals surface area contributed by atoms with Crippen LogP contribution >= 0.6 is 46.4 Å². The molecule has 0 aliphatic heterocycles. The Morgan fingerprint density at radius 2 is 1.14 bits per heavy atom. The predicted molar refractivity (Wildman–Crippen MR) is 114 cm³/mol. The zero-order valence-corrected chi connectivity index (χ0v) is 18.1. The summed E-state index contributed by atoms with van der Waals surface area (Å²) in [5.74, 6) is -0.560. The standard InChI is InChI=1S/C19H12Cl4O5S/c20-14-6-3-11(7-15(14)21)19(29(26,27)28,10-1-4-13(24)5-2-10)12-8-16(22)18(25)17(23)9-12/h1-9,24-25H,(H,26,27,28). The summed E-state index contributed by atoms with van der Waals surface area (Å²) in [5, 5.41) is 19.3. The van der Waals surface area contributed by atoms with E-state index in [9.17, 15) is 23.2 Å². The van der Waals surface area contributed by atoms with Crippen molar-refractivity contribution in [3.05, 3.63) is 91.4 Å². The highest BCUT2D eigenvalue weighted by molar-refractivity contribution is 7.87. The van der Waals surface area contributed by atoms with Crippen LogP contribution in [0.3, 0.4) is 0 Å². The second-order valence-electron chi connectivity index (χ2n) is 6.12. The third-order valence-electron chi connectivity index (χ3n) is 4.41. The maximum Gasteiger partial charge on any atom is 0.283 e. The smallest absolute Gasteiger partial charge is 0.283 e. The highest BCUT2D eigenvalue weighted by Crippen LogP contribution is 2.48. The van der Waals surface area contributed by atoms with Crippen molar-refractivity contribution in [2.75, 3.05) is 0 Å². The van der Waals surface area contributed by atoms with Crippen LogP contribution in [0.15, 0.2) is 54.6 Å². The van der Waals surface area contributed by atoms with E-state index >= 15 is 0 Å². The summed E-state index contributed by atoms with van der Waals surface area (Å²) in [6.45, 7) is 0. The van der Waals surface area contributed by atoms with Gasteiger partial charge in [-0.15, -0.1) is 0 Å². The van der Waals surface area contributed by atoms with Crippen LogP contribution in [0.1, 0.15) is 16.7 Å². The fourth-order valence-electron chi connectivity index (χ4n) is 3.13. The van der Waals surface area contributed by atoms with E-state index in [1.165, 1.54) is 54.6 Å². The summed E-state index contributed by atoms with van der Waals surface area (Å²) in [5.41, 5.74) is 0.0452. The minimum atomic E-state index is -4.96. The molecule has 3 N–H and O–H groups in total. The summed E-state index contributed by atoms with van der Waals surface area (Å²) in [7, 11) is -4.96. The molecule has 1 atom stereocenters. The Labute approximate surface area is 186 Å². The molecule has 0 aliphatic carbocycles. The predicted octanol–water partition coefficient (Wildman–Crippen LogP) is 5.89. The molecule has 3 aromatic carbocycles. The van der Waals surface area contributed by atoms with E-state index in [0.717, 1.165) is 0 Å². The zero-order chi connectivity index (χ0) is 21.6. The highest BCUT2D eigenvalue weighted by Gasteiger charge is 2.49. The maximum absolute atomic E-state index is 12.9. The van der Waals surface area contributed by atoms with Gasteiger partial charge in [0.2, 0.25) is 0 Å². The van der Waals surface area contributed by atoms with Crippen molar-refractivity contribution in [3.8, 4) is 11.5 Å². The van der Waals surface area contributed by atoms with Gasteiger partial charge in [0.25, 0.3) is 10.1 Å². The summed E-state index contributed by atoms with van der Waals surface area (Å²) in [6.07, 6.45) is 0. The van der Waals surface area contributed by atoms with E-state index in [1.54, 1.807) is 0 Å². The van der Waals surface area contributed by atoms with Crippen molar-refractivity contribution in [1.29, 1.82) is 0 Å². The van der Waals surface area contributed by atoms with Crippen LogP contribution in [0.4, 0.5) is 0 Å². The van der Waals surface area contributed by atoms with E-state index in [2.05, 4.69) is 0 Å². The van der Waals surface area contributed by atoms with Gasteiger partial charge >= 0.3 is 0 Å². The molecule has 0 saturated carbocycles. The number of hydrogen-bond acceptors (Lipinski definition) is 4. The summed E-state index contributed by atoms with van der Waals surface area (Å²) < 4.78 is 34.0. The molecule has 1 unspecified atom stereocenters. The maximum atomic E-state index is 12.9. The van der Waals surface area contributed by atoms with E-state index < -0.39 is 20.6 Å². The average molecular weight is 494 g/mol. The average Bonchev–Trinajstić information content (AvgIpc) is 2.63. The Balaban J connectivity index is 2.54. The molecule has 0 fully saturated rings.